The summed E-state index contributed by atoms with van der Waals surface area (Å²) in [6, 6.07) is 10.8. The number of carbonyl (C=O) groups is 4. The Hall–Kier alpha value is -4.97. The molecule has 2 saturated heterocycles. The SMILES string of the molecule is O=C1CCC(N2C(=O)c3ccc(NCC4CC(n5cc(-c6cnc7c(C8CNC8)cccc7n6)c(C6CC6)n5)C4)cc3C2=O)C(=O)N1. The van der Waals surface area contributed by atoms with Crippen LogP contribution in [-0.4, -0.2) is 74.0 Å². The first-order chi connectivity index (χ1) is 22.9. The molecule has 12 heteroatoms. The lowest BCUT2D eigenvalue weighted by Gasteiger charge is -2.35. The fourth-order valence-electron chi connectivity index (χ4n) is 7.41. The van der Waals surface area contributed by atoms with Gasteiger partial charge in [0.1, 0.15) is 6.04 Å². The Balaban J connectivity index is 0.864. The summed E-state index contributed by atoms with van der Waals surface area (Å²) in [5.74, 6) is -0.588. The lowest BCUT2D eigenvalue weighted by molar-refractivity contribution is -0.136. The highest BCUT2D eigenvalue weighted by atomic mass is 16.2. The minimum absolute atomic E-state index is 0.0949. The van der Waals surface area contributed by atoms with Gasteiger partial charge in [-0.15, -0.1) is 0 Å². The molecule has 3 N–H and O–H groups in total. The molecule has 0 spiro atoms. The van der Waals surface area contributed by atoms with Gasteiger partial charge in [-0.05, 0) is 67.9 Å². The first kappa shape index (κ1) is 28.3. The van der Waals surface area contributed by atoms with E-state index < -0.39 is 29.7 Å². The van der Waals surface area contributed by atoms with Gasteiger partial charge in [-0.3, -0.25) is 39.1 Å². The number of piperidine rings is 1. The van der Waals surface area contributed by atoms with E-state index in [1.54, 1.807) is 18.2 Å². The Bertz CT molecular complexity index is 1990. The van der Waals surface area contributed by atoms with Crippen molar-refractivity contribution >= 4 is 40.3 Å². The second kappa shape index (κ2) is 10.8. The molecule has 4 amide bonds. The largest absolute Gasteiger partial charge is 0.385 e. The topological polar surface area (TPSA) is 151 Å². The Morgan fingerprint density at radius 1 is 0.915 bits per heavy atom. The molecule has 238 valence electrons. The third kappa shape index (κ3) is 4.81. The number of rotatable bonds is 8. The summed E-state index contributed by atoms with van der Waals surface area (Å²) in [5.41, 5.74) is 7.59. The third-order valence-electron chi connectivity index (χ3n) is 10.4. The molecule has 4 fully saturated rings. The van der Waals surface area contributed by atoms with Crippen LogP contribution in [0.25, 0.3) is 22.3 Å². The molecule has 1 atom stereocenters. The number of fused-ring (bicyclic) bond motifs is 2. The molecular formula is C35H34N8O4. The second-order valence-electron chi connectivity index (χ2n) is 13.6. The number of imide groups is 2. The monoisotopic (exact) mass is 630 g/mol. The van der Waals surface area contributed by atoms with Crippen molar-refractivity contribution in [2.45, 2.75) is 62.4 Å². The van der Waals surface area contributed by atoms with Gasteiger partial charge in [0.25, 0.3) is 11.8 Å². The number of benzene rings is 2. The highest BCUT2D eigenvalue weighted by Gasteiger charge is 2.45. The van der Waals surface area contributed by atoms with E-state index in [2.05, 4.69) is 45.0 Å². The van der Waals surface area contributed by atoms with Crippen LogP contribution in [0, 0.1) is 5.92 Å². The van der Waals surface area contributed by atoms with Gasteiger partial charge in [-0.1, -0.05) is 12.1 Å². The van der Waals surface area contributed by atoms with Gasteiger partial charge < -0.3 is 10.6 Å². The second-order valence-corrected chi connectivity index (χ2v) is 13.6. The summed E-state index contributed by atoms with van der Waals surface area (Å²) in [6.45, 7) is 2.70. The number of aromatic nitrogens is 4. The van der Waals surface area contributed by atoms with E-state index in [9.17, 15) is 19.2 Å². The van der Waals surface area contributed by atoms with E-state index in [-0.39, 0.29) is 24.0 Å². The van der Waals surface area contributed by atoms with Gasteiger partial charge in [-0.25, -0.2) is 4.98 Å². The summed E-state index contributed by atoms with van der Waals surface area (Å²) in [4.78, 5) is 61.1. The van der Waals surface area contributed by atoms with Crippen LogP contribution in [0.1, 0.15) is 88.4 Å². The Morgan fingerprint density at radius 2 is 1.74 bits per heavy atom. The quantitative estimate of drug-likeness (QED) is 0.249. The molecule has 3 aliphatic heterocycles. The predicted molar refractivity (Wildman–Crippen MR) is 172 cm³/mol. The standard InChI is InChI=1S/C35H34N8O4/c44-30-9-8-29(33(45)40-30)43-34(46)24-7-6-21(12-25(24)35(43)47)37-13-18-10-22(11-18)42-17-26(31(41-42)19-4-5-19)28-16-38-32-23(20-14-36-15-20)2-1-3-27(32)39-28/h1-3,6-7,12,16-20,22,29,36-37H,4-5,8-11,13-15H2,(H,40,44,45). The maximum absolute atomic E-state index is 13.2. The minimum atomic E-state index is -0.970. The minimum Gasteiger partial charge on any atom is -0.385 e. The van der Waals surface area contributed by atoms with Crippen molar-refractivity contribution in [3.8, 4) is 11.3 Å². The number of hydrogen-bond donors (Lipinski definition) is 3. The summed E-state index contributed by atoms with van der Waals surface area (Å²) >= 11 is 0. The molecule has 5 aliphatic rings. The fourth-order valence-corrected chi connectivity index (χ4v) is 7.41. The zero-order chi connectivity index (χ0) is 31.8. The van der Waals surface area contributed by atoms with Crippen LogP contribution in [0.3, 0.4) is 0 Å². The van der Waals surface area contributed by atoms with E-state index in [0.29, 0.717) is 23.8 Å². The van der Waals surface area contributed by atoms with E-state index in [1.807, 2.05) is 6.20 Å². The molecule has 47 heavy (non-hydrogen) atoms. The zero-order valence-electron chi connectivity index (χ0n) is 25.7. The Labute approximate surface area is 270 Å². The maximum atomic E-state index is 13.2. The number of para-hydroxylation sites is 1. The number of nitrogens with one attached hydrogen (secondary N) is 3. The van der Waals surface area contributed by atoms with Crippen molar-refractivity contribution in [3.05, 3.63) is 71.2 Å². The molecule has 0 radical (unpaired) electrons. The van der Waals surface area contributed by atoms with Gasteiger partial charge in [-0.2, -0.15) is 5.10 Å². The van der Waals surface area contributed by atoms with Crippen LogP contribution in [-0.2, 0) is 9.59 Å². The van der Waals surface area contributed by atoms with Crippen LogP contribution < -0.4 is 16.0 Å². The zero-order valence-corrected chi connectivity index (χ0v) is 25.7. The van der Waals surface area contributed by atoms with Gasteiger partial charge in [0.2, 0.25) is 11.8 Å². The van der Waals surface area contributed by atoms with Crippen molar-refractivity contribution in [2.24, 2.45) is 5.92 Å². The first-order valence-corrected chi connectivity index (χ1v) is 16.6. The van der Waals surface area contributed by atoms with Crippen molar-refractivity contribution < 1.29 is 19.2 Å². The third-order valence-corrected chi connectivity index (χ3v) is 10.4. The molecule has 2 aliphatic carbocycles. The van der Waals surface area contributed by atoms with Crippen molar-refractivity contribution in [1.82, 2.24) is 35.3 Å². The van der Waals surface area contributed by atoms with Crippen LogP contribution in [0.15, 0.2) is 48.8 Å². The van der Waals surface area contributed by atoms with Gasteiger partial charge in [0.05, 0.1) is 45.8 Å². The first-order valence-electron chi connectivity index (χ1n) is 16.6. The average molecular weight is 631 g/mol. The van der Waals surface area contributed by atoms with Crippen LogP contribution >= 0.6 is 0 Å². The molecule has 9 rings (SSSR count). The Morgan fingerprint density at radius 3 is 2.51 bits per heavy atom. The fraction of sp³-hybridized carbons (Fsp3) is 0.400. The molecule has 4 aromatic rings. The summed E-state index contributed by atoms with van der Waals surface area (Å²) in [6.07, 6.45) is 8.57. The molecule has 1 unspecified atom stereocenters. The summed E-state index contributed by atoms with van der Waals surface area (Å²) < 4.78 is 2.13. The number of carbonyl (C=O) groups excluding carboxylic acids is 4. The molecule has 12 nitrogen and oxygen atoms in total. The van der Waals surface area contributed by atoms with E-state index in [0.717, 1.165) is 83.9 Å². The van der Waals surface area contributed by atoms with Gasteiger partial charge in [0.15, 0.2) is 0 Å². The molecule has 0 bridgehead atoms. The van der Waals surface area contributed by atoms with Crippen LogP contribution in [0.4, 0.5) is 5.69 Å². The van der Waals surface area contributed by atoms with E-state index in [4.69, 9.17) is 15.1 Å². The molecule has 2 aromatic heterocycles. The molecule has 5 heterocycles. The lowest BCUT2D eigenvalue weighted by Crippen LogP contribution is -2.54. The van der Waals surface area contributed by atoms with E-state index >= 15 is 0 Å². The van der Waals surface area contributed by atoms with Crippen molar-refractivity contribution in [2.75, 3.05) is 25.0 Å². The van der Waals surface area contributed by atoms with Gasteiger partial charge >= 0.3 is 0 Å². The van der Waals surface area contributed by atoms with Crippen LogP contribution in [0.5, 0.6) is 0 Å². The number of nitrogens with zero attached hydrogens (tertiary/aromatic N) is 5. The van der Waals surface area contributed by atoms with E-state index in [1.165, 1.54) is 5.56 Å². The number of anilines is 1. The maximum Gasteiger partial charge on any atom is 0.262 e. The van der Waals surface area contributed by atoms with Crippen LogP contribution in [0.2, 0.25) is 0 Å². The highest BCUT2D eigenvalue weighted by Crippen LogP contribution is 2.46. The number of hydrogen-bond acceptors (Lipinski definition) is 9. The highest BCUT2D eigenvalue weighted by molar-refractivity contribution is 6.23. The molecule has 2 saturated carbocycles. The molecular weight excluding hydrogens is 596 g/mol. The normalized spacial score (nSPS) is 24.3. The Kier molecular flexibility index (Phi) is 6.49. The average Bonchev–Trinajstić information content (AvgIpc) is 3.73. The van der Waals surface area contributed by atoms with Crippen molar-refractivity contribution in [3.63, 3.8) is 0 Å². The predicted octanol–water partition coefficient (Wildman–Crippen LogP) is 3.52. The molecule has 2 aromatic carbocycles. The summed E-state index contributed by atoms with van der Waals surface area (Å²) in [5, 5.41) is 14.1. The van der Waals surface area contributed by atoms with Gasteiger partial charge in [0, 0.05) is 55.3 Å². The summed E-state index contributed by atoms with van der Waals surface area (Å²) in [7, 11) is 0. The number of amides is 4. The smallest absolute Gasteiger partial charge is 0.262 e. The van der Waals surface area contributed by atoms with Crippen molar-refractivity contribution in [1.29, 1.82) is 0 Å². The lowest BCUT2D eigenvalue weighted by atomic mass is 9.80.